The van der Waals surface area contributed by atoms with Gasteiger partial charge in [0.05, 0.1) is 5.69 Å². The van der Waals surface area contributed by atoms with E-state index in [1.807, 2.05) is 54.6 Å². The van der Waals surface area contributed by atoms with Crippen LogP contribution < -0.4 is 20.7 Å². The van der Waals surface area contributed by atoms with Crippen molar-refractivity contribution >= 4 is 17.6 Å². The molecule has 4 N–H and O–H groups in total. The molecule has 1 aliphatic rings. The molecule has 6 nitrogen and oxygen atoms in total. The van der Waals surface area contributed by atoms with Crippen LogP contribution in [-0.2, 0) is 4.79 Å². The molecule has 124 valence electrons. The molecule has 3 rings (SSSR count). The van der Waals surface area contributed by atoms with E-state index in [2.05, 4.69) is 5.32 Å². The van der Waals surface area contributed by atoms with Crippen molar-refractivity contribution in [1.82, 2.24) is 5.32 Å². The molecule has 0 radical (unpaired) electrons. The molecule has 1 aliphatic heterocycles. The first kappa shape index (κ1) is 15.9. The van der Waals surface area contributed by atoms with Crippen molar-refractivity contribution in [1.29, 1.82) is 5.41 Å². The lowest BCUT2D eigenvalue weighted by molar-refractivity contribution is -0.126. The number of nitrogens with two attached hydrogens (primary N) is 1. The van der Waals surface area contributed by atoms with E-state index in [9.17, 15) is 4.79 Å². The highest BCUT2D eigenvalue weighted by atomic mass is 16.5. The number of carbonyl (C=O) groups is 1. The van der Waals surface area contributed by atoms with Crippen LogP contribution in [0.25, 0.3) is 0 Å². The second kappa shape index (κ2) is 7.04. The minimum Gasteiger partial charge on any atom is -0.474 e. The highest BCUT2D eigenvalue weighted by Gasteiger charge is 2.34. The lowest BCUT2D eigenvalue weighted by Gasteiger charge is -2.34. The molecule has 0 aliphatic carbocycles. The predicted molar refractivity (Wildman–Crippen MR) is 93.1 cm³/mol. The van der Waals surface area contributed by atoms with E-state index in [4.69, 9.17) is 15.9 Å². The SMILES string of the molecule is N=C(N)NCCCN1C(=O)C(c2ccccc2)Oc2ccccc21. The van der Waals surface area contributed by atoms with E-state index < -0.39 is 6.10 Å². The Morgan fingerprint density at radius 3 is 2.62 bits per heavy atom. The molecule has 2 aromatic rings. The van der Waals surface area contributed by atoms with E-state index in [1.165, 1.54) is 0 Å². The fourth-order valence-electron chi connectivity index (χ4n) is 2.75. The summed E-state index contributed by atoms with van der Waals surface area (Å²) >= 11 is 0. The van der Waals surface area contributed by atoms with Crippen LogP contribution in [0, 0.1) is 5.41 Å². The standard InChI is InChI=1S/C18H20N4O2/c19-18(20)21-11-6-12-22-14-9-4-5-10-15(14)24-16(17(22)23)13-7-2-1-3-8-13/h1-5,7-10,16H,6,11-12H2,(H4,19,20,21). The number of hydrogen-bond acceptors (Lipinski definition) is 3. The van der Waals surface area contributed by atoms with Crippen LogP contribution in [-0.4, -0.2) is 25.0 Å². The quantitative estimate of drug-likeness (QED) is 0.446. The fourth-order valence-corrected chi connectivity index (χ4v) is 2.75. The summed E-state index contributed by atoms with van der Waals surface area (Å²) in [4.78, 5) is 14.7. The average Bonchev–Trinajstić information content (AvgIpc) is 2.60. The van der Waals surface area contributed by atoms with E-state index in [0.29, 0.717) is 25.3 Å². The topological polar surface area (TPSA) is 91.4 Å². The van der Waals surface area contributed by atoms with E-state index in [-0.39, 0.29) is 11.9 Å². The number of anilines is 1. The molecule has 0 saturated carbocycles. The zero-order valence-electron chi connectivity index (χ0n) is 13.2. The predicted octanol–water partition coefficient (Wildman–Crippen LogP) is 2.03. The number of hydrogen-bond donors (Lipinski definition) is 3. The second-order valence-corrected chi connectivity index (χ2v) is 5.56. The first-order chi connectivity index (χ1) is 11.7. The molecule has 0 spiro atoms. The van der Waals surface area contributed by atoms with Crippen LogP contribution in [0.2, 0.25) is 0 Å². The van der Waals surface area contributed by atoms with Crippen molar-refractivity contribution < 1.29 is 9.53 Å². The molecule has 1 unspecified atom stereocenters. The van der Waals surface area contributed by atoms with Crippen LogP contribution in [0.5, 0.6) is 5.75 Å². The number of amides is 1. The van der Waals surface area contributed by atoms with Crippen molar-refractivity contribution in [2.45, 2.75) is 12.5 Å². The van der Waals surface area contributed by atoms with Gasteiger partial charge in [0.15, 0.2) is 5.96 Å². The molecule has 1 amide bonds. The number of nitrogens with one attached hydrogen (secondary N) is 2. The lowest BCUT2D eigenvalue weighted by Crippen LogP contribution is -2.42. The summed E-state index contributed by atoms with van der Waals surface area (Å²) in [5.41, 5.74) is 6.90. The monoisotopic (exact) mass is 324 g/mol. The van der Waals surface area contributed by atoms with Gasteiger partial charge in [-0.3, -0.25) is 10.2 Å². The largest absolute Gasteiger partial charge is 0.474 e. The minimum atomic E-state index is -0.637. The summed E-state index contributed by atoms with van der Waals surface area (Å²) in [5.74, 6) is 0.555. The highest BCUT2D eigenvalue weighted by molar-refractivity contribution is 6.00. The number of guanidine groups is 1. The Kier molecular flexibility index (Phi) is 4.65. The third-order valence-corrected chi connectivity index (χ3v) is 3.87. The maximum absolute atomic E-state index is 12.9. The fraction of sp³-hybridized carbons (Fsp3) is 0.222. The molecular weight excluding hydrogens is 304 g/mol. The Balaban J connectivity index is 1.82. The molecule has 1 atom stereocenters. The second-order valence-electron chi connectivity index (χ2n) is 5.56. The number of benzene rings is 2. The molecule has 1 heterocycles. The molecule has 0 saturated heterocycles. The zero-order chi connectivity index (χ0) is 16.9. The summed E-state index contributed by atoms with van der Waals surface area (Å²) in [6.07, 6.45) is 0.0445. The van der Waals surface area contributed by atoms with Crippen molar-refractivity contribution in [3.8, 4) is 5.75 Å². The summed E-state index contributed by atoms with van der Waals surface area (Å²) in [6, 6.07) is 17.0. The molecule has 0 fully saturated rings. The van der Waals surface area contributed by atoms with Gasteiger partial charge in [0, 0.05) is 18.7 Å². The third-order valence-electron chi connectivity index (χ3n) is 3.87. The van der Waals surface area contributed by atoms with Gasteiger partial charge in [-0.25, -0.2) is 0 Å². The van der Waals surface area contributed by atoms with Crippen LogP contribution in [0.3, 0.4) is 0 Å². The Labute approximate surface area is 140 Å². The van der Waals surface area contributed by atoms with E-state index in [1.54, 1.807) is 4.90 Å². The van der Waals surface area contributed by atoms with Gasteiger partial charge < -0.3 is 20.7 Å². The lowest BCUT2D eigenvalue weighted by atomic mass is 10.1. The molecule has 24 heavy (non-hydrogen) atoms. The van der Waals surface area contributed by atoms with Gasteiger partial charge in [-0.2, -0.15) is 0 Å². The highest BCUT2D eigenvalue weighted by Crippen LogP contribution is 2.38. The number of nitrogens with zero attached hydrogens (tertiary/aromatic N) is 1. The van der Waals surface area contributed by atoms with Crippen LogP contribution >= 0.6 is 0 Å². The number of para-hydroxylation sites is 2. The Bertz CT molecular complexity index is 733. The number of fused-ring (bicyclic) bond motifs is 1. The minimum absolute atomic E-state index is 0.0640. The smallest absolute Gasteiger partial charge is 0.272 e. The number of carbonyl (C=O) groups excluding carboxylic acids is 1. The summed E-state index contributed by atoms with van der Waals surface area (Å²) in [5, 5.41) is 9.94. The molecule has 0 bridgehead atoms. The first-order valence-electron chi connectivity index (χ1n) is 7.87. The van der Waals surface area contributed by atoms with Gasteiger partial charge in [0.1, 0.15) is 5.75 Å². The normalized spacial score (nSPS) is 16.2. The van der Waals surface area contributed by atoms with Crippen LogP contribution in [0.15, 0.2) is 54.6 Å². The van der Waals surface area contributed by atoms with Crippen molar-refractivity contribution in [3.05, 3.63) is 60.2 Å². The first-order valence-corrected chi connectivity index (χ1v) is 7.87. The van der Waals surface area contributed by atoms with Crippen molar-refractivity contribution in [2.75, 3.05) is 18.0 Å². The average molecular weight is 324 g/mol. The van der Waals surface area contributed by atoms with Gasteiger partial charge in [0.2, 0.25) is 6.10 Å². The summed E-state index contributed by atoms with van der Waals surface area (Å²) in [7, 11) is 0. The van der Waals surface area contributed by atoms with Crippen molar-refractivity contribution in [3.63, 3.8) is 0 Å². The zero-order valence-corrected chi connectivity index (χ0v) is 13.2. The Morgan fingerprint density at radius 2 is 1.88 bits per heavy atom. The molecular formula is C18H20N4O2. The van der Waals surface area contributed by atoms with E-state index in [0.717, 1.165) is 11.3 Å². The van der Waals surface area contributed by atoms with Gasteiger partial charge in [0.25, 0.3) is 5.91 Å². The Hall–Kier alpha value is -3.02. The maximum Gasteiger partial charge on any atom is 0.272 e. The van der Waals surface area contributed by atoms with Crippen LogP contribution in [0.1, 0.15) is 18.1 Å². The van der Waals surface area contributed by atoms with Crippen molar-refractivity contribution in [2.24, 2.45) is 5.73 Å². The molecule has 6 heteroatoms. The Morgan fingerprint density at radius 1 is 1.17 bits per heavy atom. The third kappa shape index (κ3) is 3.32. The van der Waals surface area contributed by atoms with Gasteiger partial charge in [-0.1, -0.05) is 42.5 Å². The van der Waals surface area contributed by atoms with Gasteiger partial charge in [-0.15, -0.1) is 0 Å². The van der Waals surface area contributed by atoms with Gasteiger partial charge in [-0.05, 0) is 18.6 Å². The maximum atomic E-state index is 12.9. The number of ether oxygens (including phenoxy) is 1. The number of rotatable bonds is 5. The van der Waals surface area contributed by atoms with Crippen LogP contribution in [0.4, 0.5) is 5.69 Å². The van der Waals surface area contributed by atoms with Gasteiger partial charge >= 0.3 is 0 Å². The molecule has 2 aromatic carbocycles. The summed E-state index contributed by atoms with van der Waals surface area (Å²) in [6.45, 7) is 1.07. The van der Waals surface area contributed by atoms with E-state index >= 15 is 0 Å². The summed E-state index contributed by atoms with van der Waals surface area (Å²) < 4.78 is 5.94. The molecule has 0 aromatic heterocycles.